The second kappa shape index (κ2) is 6.74. The zero-order valence-electron chi connectivity index (χ0n) is 14.2. The monoisotopic (exact) mass is 343 g/mol. The number of aromatic nitrogens is 2. The molecule has 2 aliphatic rings. The van der Waals surface area contributed by atoms with Crippen molar-refractivity contribution < 1.29 is 18.8 Å². The Labute approximate surface area is 145 Å². The molecule has 1 aromatic carbocycles. The summed E-state index contributed by atoms with van der Waals surface area (Å²) < 4.78 is 16.4. The Kier molecular flexibility index (Phi) is 4.29. The number of carbonyl (C=O) groups excluding carboxylic acids is 1. The molecule has 132 valence electrons. The average Bonchev–Trinajstić information content (AvgIpc) is 3.08. The maximum Gasteiger partial charge on any atom is 0.231 e. The van der Waals surface area contributed by atoms with Crippen LogP contribution in [0.4, 0.5) is 0 Å². The van der Waals surface area contributed by atoms with Crippen LogP contribution in [0.25, 0.3) is 0 Å². The number of benzene rings is 1. The molecule has 1 atom stereocenters. The molecule has 2 aromatic rings. The van der Waals surface area contributed by atoms with Crippen LogP contribution in [0.5, 0.6) is 11.5 Å². The highest BCUT2D eigenvalue weighted by Crippen LogP contribution is 2.31. The third kappa shape index (κ3) is 3.45. The van der Waals surface area contributed by atoms with Crippen LogP contribution in [-0.2, 0) is 11.2 Å². The summed E-state index contributed by atoms with van der Waals surface area (Å²) in [4.78, 5) is 18.9. The third-order valence-electron chi connectivity index (χ3n) is 4.63. The summed E-state index contributed by atoms with van der Waals surface area (Å²) in [6.07, 6.45) is 2.26. The number of nitrogens with zero attached hydrogens (tertiary/aromatic N) is 3. The van der Waals surface area contributed by atoms with Crippen molar-refractivity contribution in [2.75, 3.05) is 26.3 Å². The topological polar surface area (TPSA) is 77.7 Å². The van der Waals surface area contributed by atoms with Crippen molar-refractivity contribution in [3.05, 3.63) is 35.5 Å². The van der Waals surface area contributed by atoms with Gasteiger partial charge in [-0.3, -0.25) is 4.79 Å². The first-order valence-electron chi connectivity index (χ1n) is 8.65. The molecule has 1 aromatic heterocycles. The smallest absolute Gasteiger partial charge is 0.231 e. The molecule has 1 amide bonds. The minimum Gasteiger partial charge on any atom is -0.486 e. The molecule has 1 saturated heterocycles. The van der Waals surface area contributed by atoms with Crippen LogP contribution in [0.2, 0.25) is 0 Å². The van der Waals surface area contributed by atoms with E-state index in [0.29, 0.717) is 37.9 Å². The zero-order chi connectivity index (χ0) is 17.2. The number of rotatable bonds is 3. The van der Waals surface area contributed by atoms with Crippen molar-refractivity contribution in [3.8, 4) is 11.5 Å². The first kappa shape index (κ1) is 15.9. The molecule has 0 radical (unpaired) electrons. The van der Waals surface area contributed by atoms with Crippen LogP contribution in [0, 0.1) is 6.92 Å². The predicted octanol–water partition coefficient (Wildman–Crippen LogP) is 2.10. The van der Waals surface area contributed by atoms with Gasteiger partial charge in [-0.25, -0.2) is 0 Å². The van der Waals surface area contributed by atoms with Crippen molar-refractivity contribution >= 4 is 5.91 Å². The van der Waals surface area contributed by atoms with Gasteiger partial charge in [0.2, 0.25) is 11.8 Å². The number of amides is 1. The lowest BCUT2D eigenvalue weighted by Gasteiger charge is -2.31. The van der Waals surface area contributed by atoms with Gasteiger partial charge in [0.15, 0.2) is 17.3 Å². The van der Waals surface area contributed by atoms with Crippen LogP contribution in [0.1, 0.15) is 36.0 Å². The largest absolute Gasteiger partial charge is 0.486 e. The second-order valence-corrected chi connectivity index (χ2v) is 6.51. The van der Waals surface area contributed by atoms with E-state index in [0.717, 1.165) is 36.4 Å². The van der Waals surface area contributed by atoms with E-state index < -0.39 is 0 Å². The van der Waals surface area contributed by atoms with Crippen molar-refractivity contribution in [2.45, 2.75) is 32.1 Å². The standard InChI is InChI=1S/C18H21N3O4/c1-12-19-18(25-20-12)14-3-2-6-21(11-14)17(22)10-13-4-5-15-16(9-13)24-8-7-23-15/h4-5,9,14H,2-3,6-8,10-11H2,1H3. The molecular weight excluding hydrogens is 322 g/mol. The van der Waals surface area contributed by atoms with Gasteiger partial charge in [0.1, 0.15) is 13.2 Å². The Morgan fingerprint density at radius 2 is 2.12 bits per heavy atom. The Bertz CT molecular complexity index is 773. The molecule has 2 aliphatic heterocycles. The number of fused-ring (bicyclic) bond motifs is 1. The maximum absolute atomic E-state index is 12.7. The van der Waals surface area contributed by atoms with Crippen LogP contribution < -0.4 is 9.47 Å². The second-order valence-electron chi connectivity index (χ2n) is 6.51. The highest BCUT2D eigenvalue weighted by Gasteiger charge is 2.28. The molecule has 4 rings (SSSR count). The van der Waals surface area contributed by atoms with Crippen LogP contribution in [0.3, 0.4) is 0 Å². The number of aryl methyl sites for hydroxylation is 1. The molecule has 0 N–H and O–H groups in total. The van der Waals surface area contributed by atoms with Crippen molar-refractivity contribution in [3.63, 3.8) is 0 Å². The Hall–Kier alpha value is -2.57. The minimum atomic E-state index is 0.109. The first-order chi connectivity index (χ1) is 12.2. The van der Waals surface area contributed by atoms with E-state index >= 15 is 0 Å². The molecule has 1 unspecified atom stereocenters. The van der Waals surface area contributed by atoms with Gasteiger partial charge in [0.25, 0.3) is 0 Å². The average molecular weight is 343 g/mol. The number of ether oxygens (including phenoxy) is 2. The van der Waals surface area contributed by atoms with Gasteiger partial charge in [0.05, 0.1) is 12.3 Å². The SMILES string of the molecule is Cc1noc(C2CCCN(C(=O)Cc3ccc4c(c3)OCCO4)C2)n1. The molecule has 7 nitrogen and oxygen atoms in total. The quantitative estimate of drug-likeness (QED) is 0.849. The van der Waals surface area contributed by atoms with Gasteiger partial charge in [-0.15, -0.1) is 0 Å². The summed E-state index contributed by atoms with van der Waals surface area (Å²) >= 11 is 0. The first-order valence-corrected chi connectivity index (χ1v) is 8.65. The lowest BCUT2D eigenvalue weighted by Crippen LogP contribution is -2.40. The van der Waals surface area contributed by atoms with E-state index in [1.54, 1.807) is 6.92 Å². The summed E-state index contributed by atoms with van der Waals surface area (Å²) in [5.74, 6) is 2.96. The Morgan fingerprint density at radius 1 is 1.28 bits per heavy atom. The summed E-state index contributed by atoms with van der Waals surface area (Å²) in [5.41, 5.74) is 0.935. The lowest BCUT2D eigenvalue weighted by atomic mass is 9.97. The Morgan fingerprint density at radius 3 is 2.92 bits per heavy atom. The summed E-state index contributed by atoms with van der Waals surface area (Å²) in [7, 11) is 0. The van der Waals surface area contributed by atoms with Crippen molar-refractivity contribution in [1.82, 2.24) is 15.0 Å². The highest BCUT2D eigenvalue weighted by molar-refractivity contribution is 5.79. The zero-order valence-corrected chi connectivity index (χ0v) is 14.2. The molecule has 1 fully saturated rings. The number of carbonyl (C=O) groups is 1. The minimum absolute atomic E-state index is 0.109. The molecule has 0 bridgehead atoms. The van der Waals surface area contributed by atoms with Crippen LogP contribution in [-0.4, -0.2) is 47.3 Å². The fourth-order valence-corrected chi connectivity index (χ4v) is 3.37. The van der Waals surface area contributed by atoms with E-state index in [4.69, 9.17) is 14.0 Å². The fourth-order valence-electron chi connectivity index (χ4n) is 3.37. The van der Waals surface area contributed by atoms with Gasteiger partial charge in [0, 0.05) is 13.1 Å². The lowest BCUT2D eigenvalue weighted by molar-refractivity contribution is -0.131. The number of hydrogen-bond acceptors (Lipinski definition) is 6. The number of piperidine rings is 1. The van der Waals surface area contributed by atoms with Crippen molar-refractivity contribution in [2.24, 2.45) is 0 Å². The van der Waals surface area contributed by atoms with Crippen molar-refractivity contribution in [1.29, 1.82) is 0 Å². The van der Waals surface area contributed by atoms with Gasteiger partial charge in [-0.05, 0) is 37.5 Å². The van der Waals surface area contributed by atoms with E-state index in [1.165, 1.54) is 0 Å². The molecule has 0 spiro atoms. The van der Waals surface area contributed by atoms with Gasteiger partial charge < -0.3 is 18.9 Å². The molecule has 25 heavy (non-hydrogen) atoms. The normalized spacial score (nSPS) is 19.7. The fraction of sp³-hybridized carbons (Fsp3) is 0.500. The molecule has 0 aliphatic carbocycles. The van der Waals surface area contributed by atoms with Gasteiger partial charge in [-0.1, -0.05) is 11.2 Å². The molecule has 0 saturated carbocycles. The summed E-state index contributed by atoms with van der Waals surface area (Å²) in [6.45, 7) is 4.32. The van der Waals surface area contributed by atoms with E-state index in [1.807, 2.05) is 23.1 Å². The molecule has 7 heteroatoms. The summed E-state index contributed by atoms with van der Waals surface area (Å²) in [5, 5.41) is 3.86. The number of hydrogen-bond donors (Lipinski definition) is 0. The van der Waals surface area contributed by atoms with Crippen LogP contribution in [0.15, 0.2) is 22.7 Å². The third-order valence-corrected chi connectivity index (χ3v) is 4.63. The van der Waals surface area contributed by atoms with Gasteiger partial charge in [-0.2, -0.15) is 4.98 Å². The van der Waals surface area contributed by atoms with Gasteiger partial charge >= 0.3 is 0 Å². The number of likely N-dealkylation sites (tertiary alicyclic amines) is 1. The molecule has 3 heterocycles. The van der Waals surface area contributed by atoms with E-state index in [2.05, 4.69) is 10.1 Å². The predicted molar refractivity (Wildman–Crippen MR) is 88.7 cm³/mol. The summed E-state index contributed by atoms with van der Waals surface area (Å²) in [6, 6.07) is 5.70. The van der Waals surface area contributed by atoms with E-state index in [9.17, 15) is 4.79 Å². The van der Waals surface area contributed by atoms with E-state index in [-0.39, 0.29) is 11.8 Å². The highest BCUT2D eigenvalue weighted by atomic mass is 16.6. The maximum atomic E-state index is 12.7. The Balaban J connectivity index is 1.42. The molecular formula is C18H21N3O4. The van der Waals surface area contributed by atoms with Crippen LogP contribution >= 0.6 is 0 Å².